The van der Waals surface area contributed by atoms with Gasteiger partial charge in [0, 0.05) is 12.6 Å². The summed E-state index contributed by atoms with van der Waals surface area (Å²) in [5, 5.41) is 11.1. The van der Waals surface area contributed by atoms with E-state index < -0.39 is 0 Å². The van der Waals surface area contributed by atoms with Crippen molar-refractivity contribution < 1.29 is 4.74 Å². The molecule has 17 heavy (non-hydrogen) atoms. The van der Waals surface area contributed by atoms with Crippen molar-refractivity contribution in [2.24, 2.45) is 0 Å². The van der Waals surface area contributed by atoms with Crippen LogP contribution < -0.4 is 10.1 Å². The third-order valence-corrected chi connectivity index (χ3v) is 2.40. The number of ether oxygens (including phenoxy) is 1. The van der Waals surface area contributed by atoms with Crippen molar-refractivity contribution in [1.29, 1.82) is 0 Å². The molecule has 2 heterocycles. The summed E-state index contributed by atoms with van der Waals surface area (Å²) in [4.78, 5) is 4.26. The molecule has 1 N–H and O–H groups in total. The van der Waals surface area contributed by atoms with E-state index >= 15 is 0 Å². The van der Waals surface area contributed by atoms with Gasteiger partial charge in [-0.05, 0) is 13.0 Å². The molecule has 0 aliphatic rings. The van der Waals surface area contributed by atoms with E-state index in [1.54, 1.807) is 19.5 Å². The molecule has 0 saturated heterocycles. The first kappa shape index (κ1) is 11.4. The first-order valence-electron chi connectivity index (χ1n) is 5.45. The minimum Gasteiger partial charge on any atom is -0.481 e. The van der Waals surface area contributed by atoms with E-state index in [9.17, 15) is 0 Å². The molecule has 0 bridgehead atoms. The Bertz CT molecular complexity index is 482. The van der Waals surface area contributed by atoms with Crippen molar-refractivity contribution in [2.75, 3.05) is 12.4 Å². The van der Waals surface area contributed by atoms with Gasteiger partial charge in [0.2, 0.25) is 5.88 Å². The molecular weight excluding hydrogens is 218 g/mol. The van der Waals surface area contributed by atoms with E-state index in [4.69, 9.17) is 4.74 Å². The second-order valence-corrected chi connectivity index (χ2v) is 3.45. The highest BCUT2D eigenvalue weighted by atomic mass is 16.5. The van der Waals surface area contributed by atoms with Crippen molar-refractivity contribution in [3.8, 4) is 5.88 Å². The van der Waals surface area contributed by atoms with Crippen molar-refractivity contribution in [3.63, 3.8) is 0 Å². The number of nitrogens with one attached hydrogen (secondary N) is 1. The lowest BCUT2D eigenvalue weighted by atomic mass is 10.4. The van der Waals surface area contributed by atoms with Gasteiger partial charge in [-0.25, -0.2) is 0 Å². The number of hydrogen-bond donors (Lipinski definition) is 1. The second kappa shape index (κ2) is 5.29. The molecule has 0 unspecified atom stereocenters. The zero-order valence-electron chi connectivity index (χ0n) is 9.92. The van der Waals surface area contributed by atoms with Crippen LogP contribution in [-0.4, -0.2) is 26.9 Å². The van der Waals surface area contributed by atoms with Gasteiger partial charge in [-0.15, -0.1) is 10.2 Å². The van der Waals surface area contributed by atoms with Crippen LogP contribution in [0.2, 0.25) is 0 Å². The van der Waals surface area contributed by atoms with Crippen LogP contribution in [0.15, 0.2) is 24.5 Å². The number of hydrogen-bond acceptors (Lipinski definition) is 5. The fourth-order valence-corrected chi connectivity index (χ4v) is 1.48. The average Bonchev–Trinajstić information content (AvgIpc) is 2.84. The second-order valence-electron chi connectivity index (χ2n) is 3.45. The van der Waals surface area contributed by atoms with Gasteiger partial charge in [0.25, 0.3) is 0 Å². The molecule has 0 radical (unpaired) electrons. The standard InChI is InChI=1S/C11H15N5O/c1-3-16-8-13-15-10(16)7-12-9-5-4-6-11(14-9)17-2/h4-6,8H,3,7H2,1-2H3,(H,12,14). The maximum atomic E-state index is 5.05. The lowest BCUT2D eigenvalue weighted by Gasteiger charge is -2.07. The van der Waals surface area contributed by atoms with E-state index in [-0.39, 0.29) is 0 Å². The summed E-state index contributed by atoms with van der Waals surface area (Å²) in [5.41, 5.74) is 0. The predicted octanol–water partition coefficient (Wildman–Crippen LogP) is 1.31. The van der Waals surface area contributed by atoms with Crippen LogP contribution in [0.25, 0.3) is 0 Å². The number of anilines is 1. The van der Waals surface area contributed by atoms with Crippen LogP contribution in [0.4, 0.5) is 5.82 Å². The molecule has 6 heteroatoms. The fraction of sp³-hybridized carbons (Fsp3) is 0.364. The summed E-state index contributed by atoms with van der Waals surface area (Å²) < 4.78 is 7.03. The van der Waals surface area contributed by atoms with Crippen molar-refractivity contribution in [1.82, 2.24) is 19.7 Å². The quantitative estimate of drug-likeness (QED) is 0.843. The lowest BCUT2D eigenvalue weighted by Crippen LogP contribution is -2.08. The summed E-state index contributed by atoms with van der Waals surface area (Å²) in [7, 11) is 1.60. The first-order chi connectivity index (χ1) is 8.33. The van der Waals surface area contributed by atoms with Gasteiger partial charge in [0.1, 0.15) is 12.1 Å². The van der Waals surface area contributed by atoms with Gasteiger partial charge in [-0.3, -0.25) is 0 Å². The maximum absolute atomic E-state index is 5.05. The van der Waals surface area contributed by atoms with E-state index in [0.29, 0.717) is 12.4 Å². The Kier molecular flexibility index (Phi) is 3.54. The molecule has 0 saturated carbocycles. The van der Waals surface area contributed by atoms with Gasteiger partial charge in [0.15, 0.2) is 5.82 Å². The highest BCUT2D eigenvalue weighted by Crippen LogP contribution is 2.11. The lowest BCUT2D eigenvalue weighted by molar-refractivity contribution is 0.398. The SMILES string of the molecule is CCn1cnnc1CNc1cccc(OC)n1. The summed E-state index contributed by atoms with van der Waals surface area (Å²) in [5.74, 6) is 2.24. The minimum absolute atomic E-state index is 0.590. The smallest absolute Gasteiger partial charge is 0.214 e. The third-order valence-electron chi connectivity index (χ3n) is 2.40. The number of aromatic nitrogens is 4. The Morgan fingerprint density at radius 1 is 1.41 bits per heavy atom. The van der Waals surface area contributed by atoms with E-state index in [0.717, 1.165) is 18.2 Å². The van der Waals surface area contributed by atoms with Crippen molar-refractivity contribution >= 4 is 5.82 Å². The molecule has 2 rings (SSSR count). The molecule has 2 aromatic heterocycles. The largest absolute Gasteiger partial charge is 0.481 e. The minimum atomic E-state index is 0.590. The molecule has 0 amide bonds. The predicted molar refractivity (Wildman–Crippen MR) is 63.8 cm³/mol. The van der Waals surface area contributed by atoms with Crippen LogP contribution in [0.5, 0.6) is 5.88 Å². The molecular formula is C11H15N5O. The first-order valence-corrected chi connectivity index (χ1v) is 5.45. The van der Waals surface area contributed by atoms with Crippen LogP contribution >= 0.6 is 0 Å². The molecule has 0 aliphatic carbocycles. The Hall–Kier alpha value is -2.11. The number of pyridine rings is 1. The fourth-order valence-electron chi connectivity index (χ4n) is 1.48. The topological polar surface area (TPSA) is 64.9 Å². The highest BCUT2D eigenvalue weighted by Gasteiger charge is 2.03. The van der Waals surface area contributed by atoms with Crippen LogP contribution in [0, 0.1) is 0 Å². The average molecular weight is 233 g/mol. The Balaban J connectivity index is 2.02. The third kappa shape index (κ3) is 2.72. The van der Waals surface area contributed by atoms with E-state index in [2.05, 4.69) is 27.4 Å². The Labute approximate surface area is 99.7 Å². The number of aryl methyl sites for hydroxylation is 1. The molecule has 0 atom stereocenters. The molecule has 0 fully saturated rings. The summed E-state index contributed by atoms with van der Waals surface area (Å²) in [6.07, 6.45) is 1.72. The van der Waals surface area contributed by atoms with Gasteiger partial charge in [0.05, 0.1) is 13.7 Å². The molecule has 6 nitrogen and oxygen atoms in total. The maximum Gasteiger partial charge on any atom is 0.214 e. The molecule has 90 valence electrons. The highest BCUT2D eigenvalue weighted by molar-refractivity contribution is 5.37. The summed E-state index contributed by atoms with van der Waals surface area (Å²) >= 11 is 0. The Morgan fingerprint density at radius 2 is 2.29 bits per heavy atom. The number of rotatable bonds is 5. The zero-order chi connectivity index (χ0) is 12.1. The molecule has 2 aromatic rings. The van der Waals surface area contributed by atoms with Crippen LogP contribution in [0.3, 0.4) is 0 Å². The van der Waals surface area contributed by atoms with Gasteiger partial charge in [-0.1, -0.05) is 6.07 Å². The van der Waals surface area contributed by atoms with Crippen molar-refractivity contribution in [3.05, 3.63) is 30.4 Å². The van der Waals surface area contributed by atoms with Crippen LogP contribution in [-0.2, 0) is 13.1 Å². The molecule has 0 spiro atoms. The number of methoxy groups -OCH3 is 1. The van der Waals surface area contributed by atoms with Crippen molar-refractivity contribution in [2.45, 2.75) is 20.0 Å². The van der Waals surface area contributed by atoms with Crippen LogP contribution in [0.1, 0.15) is 12.7 Å². The van der Waals surface area contributed by atoms with Gasteiger partial charge < -0.3 is 14.6 Å². The zero-order valence-corrected chi connectivity index (χ0v) is 9.92. The number of nitrogens with zero attached hydrogens (tertiary/aromatic N) is 4. The van der Waals surface area contributed by atoms with E-state index in [1.165, 1.54) is 0 Å². The molecule has 0 aliphatic heterocycles. The monoisotopic (exact) mass is 233 g/mol. The summed E-state index contributed by atoms with van der Waals surface area (Å²) in [6, 6.07) is 5.58. The Morgan fingerprint density at radius 3 is 3.06 bits per heavy atom. The van der Waals surface area contributed by atoms with E-state index in [1.807, 2.05) is 16.7 Å². The van der Waals surface area contributed by atoms with Gasteiger partial charge in [-0.2, -0.15) is 4.98 Å². The summed E-state index contributed by atoms with van der Waals surface area (Å²) in [6.45, 7) is 3.50. The molecule has 0 aromatic carbocycles. The normalized spacial score (nSPS) is 10.2. The van der Waals surface area contributed by atoms with Gasteiger partial charge >= 0.3 is 0 Å².